The molecule has 1 aliphatic rings. The minimum Gasteiger partial charge on any atom is -0.459 e. The summed E-state index contributed by atoms with van der Waals surface area (Å²) in [4.78, 5) is 13.8. The Bertz CT molecular complexity index is 991. The van der Waals surface area contributed by atoms with Gasteiger partial charge in [0.2, 0.25) is 0 Å². The molecule has 8 heteroatoms. The molecular weight excluding hydrogens is 390 g/mol. The van der Waals surface area contributed by atoms with E-state index in [-0.39, 0.29) is 17.0 Å². The van der Waals surface area contributed by atoms with E-state index in [4.69, 9.17) is 4.74 Å². The van der Waals surface area contributed by atoms with Gasteiger partial charge in [-0.25, -0.2) is 13.2 Å². The van der Waals surface area contributed by atoms with Gasteiger partial charge in [0.1, 0.15) is 6.10 Å². The number of carbonyl (C=O) groups is 1. The van der Waals surface area contributed by atoms with Crippen LogP contribution in [0.15, 0.2) is 76.3 Å². The molecule has 0 saturated carbocycles. The first-order chi connectivity index (χ1) is 13.8. The molecule has 0 unspecified atom stereocenters. The Balaban J connectivity index is 1.57. The summed E-state index contributed by atoms with van der Waals surface area (Å²) >= 11 is 0. The van der Waals surface area contributed by atoms with E-state index in [1.165, 1.54) is 24.5 Å². The molecule has 0 N–H and O–H groups in total. The van der Waals surface area contributed by atoms with Crippen LogP contribution < -0.4 is 4.90 Å². The summed E-state index contributed by atoms with van der Waals surface area (Å²) in [5.74, 6) is -0.371. The van der Waals surface area contributed by atoms with Crippen LogP contribution in [0.3, 0.4) is 0 Å². The van der Waals surface area contributed by atoms with Gasteiger partial charge in [-0.15, -0.1) is 0 Å². The van der Waals surface area contributed by atoms with Crippen molar-refractivity contribution in [1.29, 1.82) is 0 Å². The van der Waals surface area contributed by atoms with Crippen LogP contribution in [0.5, 0.6) is 0 Å². The van der Waals surface area contributed by atoms with Crippen molar-refractivity contribution in [2.75, 3.05) is 24.2 Å². The van der Waals surface area contributed by atoms with Gasteiger partial charge in [-0.2, -0.15) is 10.2 Å². The molecular formula is C21H23N3O4S. The van der Waals surface area contributed by atoms with Crippen molar-refractivity contribution in [2.24, 2.45) is 10.2 Å². The average molecular weight is 413 g/mol. The predicted octanol–water partition coefficient (Wildman–Crippen LogP) is 4.20. The summed E-state index contributed by atoms with van der Waals surface area (Å²) in [6.07, 6.45) is 3.87. The van der Waals surface area contributed by atoms with Crippen LogP contribution in [0.4, 0.5) is 17.1 Å². The molecule has 0 radical (unpaired) electrons. The first-order valence-electron chi connectivity index (χ1n) is 9.25. The number of esters is 1. The molecule has 0 atom stereocenters. The summed E-state index contributed by atoms with van der Waals surface area (Å²) < 4.78 is 28.3. The molecule has 1 aliphatic heterocycles. The lowest BCUT2D eigenvalue weighted by Crippen LogP contribution is -2.37. The van der Waals surface area contributed by atoms with E-state index in [1.54, 1.807) is 12.1 Å². The van der Waals surface area contributed by atoms with Gasteiger partial charge < -0.3 is 9.64 Å². The number of sulfone groups is 1. The minimum absolute atomic E-state index is 0.0566. The van der Waals surface area contributed by atoms with Gasteiger partial charge in [0.15, 0.2) is 9.84 Å². The van der Waals surface area contributed by atoms with Crippen LogP contribution in [0.1, 0.15) is 12.8 Å². The van der Waals surface area contributed by atoms with Crippen LogP contribution >= 0.6 is 0 Å². The molecule has 2 aromatic rings. The van der Waals surface area contributed by atoms with E-state index >= 15 is 0 Å². The number of ether oxygens (including phenoxy) is 1. The largest absolute Gasteiger partial charge is 0.459 e. The molecule has 0 aliphatic carbocycles. The van der Waals surface area contributed by atoms with E-state index < -0.39 is 9.84 Å². The Morgan fingerprint density at radius 3 is 2.03 bits per heavy atom. The molecule has 29 heavy (non-hydrogen) atoms. The van der Waals surface area contributed by atoms with Crippen LogP contribution in [-0.2, 0) is 19.4 Å². The molecule has 3 rings (SSSR count). The zero-order valence-corrected chi connectivity index (χ0v) is 17.0. The van der Waals surface area contributed by atoms with E-state index in [1.807, 2.05) is 24.3 Å². The molecule has 2 aromatic carbocycles. The van der Waals surface area contributed by atoms with E-state index in [0.717, 1.165) is 31.6 Å². The van der Waals surface area contributed by atoms with Crippen molar-refractivity contribution < 1.29 is 17.9 Å². The highest BCUT2D eigenvalue weighted by Gasteiger charge is 2.21. The van der Waals surface area contributed by atoms with Gasteiger partial charge >= 0.3 is 5.97 Å². The molecule has 0 aromatic heterocycles. The third kappa shape index (κ3) is 5.74. The van der Waals surface area contributed by atoms with E-state index in [9.17, 15) is 13.2 Å². The Kier molecular flexibility index (Phi) is 6.43. The second-order valence-corrected chi connectivity index (χ2v) is 8.83. The third-order valence-corrected chi connectivity index (χ3v) is 5.78. The van der Waals surface area contributed by atoms with Crippen LogP contribution in [0.25, 0.3) is 0 Å². The number of hydrogen-bond acceptors (Lipinski definition) is 7. The maximum absolute atomic E-state index is 11.5. The number of piperidine rings is 1. The lowest BCUT2D eigenvalue weighted by Gasteiger charge is -2.33. The van der Waals surface area contributed by atoms with Crippen LogP contribution in [-0.4, -0.2) is 39.8 Å². The fourth-order valence-corrected chi connectivity index (χ4v) is 3.68. The van der Waals surface area contributed by atoms with Crippen molar-refractivity contribution in [2.45, 2.75) is 23.8 Å². The average Bonchev–Trinajstić information content (AvgIpc) is 2.73. The Labute approximate surface area is 170 Å². The van der Waals surface area contributed by atoms with E-state index in [0.29, 0.717) is 11.4 Å². The summed E-state index contributed by atoms with van der Waals surface area (Å²) in [6, 6.07) is 14.0. The number of azo groups is 1. The molecule has 0 spiro atoms. The van der Waals surface area contributed by atoms with E-state index in [2.05, 4.69) is 21.7 Å². The van der Waals surface area contributed by atoms with Crippen molar-refractivity contribution in [3.05, 3.63) is 61.2 Å². The highest BCUT2D eigenvalue weighted by Crippen LogP contribution is 2.25. The zero-order valence-electron chi connectivity index (χ0n) is 16.2. The zero-order chi connectivity index (χ0) is 20.9. The first-order valence-corrected chi connectivity index (χ1v) is 11.1. The monoisotopic (exact) mass is 413 g/mol. The molecule has 7 nitrogen and oxygen atoms in total. The quantitative estimate of drug-likeness (QED) is 0.402. The van der Waals surface area contributed by atoms with Crippen molar-refractivity contribution in [3.8, 4) is 0 Å². The maximum Gasteiger partial charge on any atom is 0.330 e. The molecule has 0 amide bonds. The summed E-state index contributed by atoms with van der Waals surface area (Å²) in [6.45, 7) is 5.04. The second kappa shape index (κ2) is 9.00. The topological polar surface area (TPSA) is 88.4 Å². The van der Waals surface area contributed by atoms with Crippen LogP contribution in [0, 0.1) is 0 Å². The fourth-order valence-electron chi connectivity index (χ4n) is 3.05. The standard InChI is InChI=1S/C21H23N3O4S/c1-3-21(25)28-19-12-14-24(15-13-19)18-8-4-16(5-9-18)22-23-17-6-10-20(11-7-17)29(2,26)27/h3-11,19H,1,12-15H2,2H3. The van der Waals surface area contributed by atoms with Gasteiger partial charge in [0.25, 0.3) is 0 Å². The highest BCUT2D eigenvalue weighted by molar-refractivity contribution is 7.90. The highest BCUT2D eigenvalue weighted by atomic mass is 32.2. The number of carbonyl (C=O) groups excluding carboxylic acids is 1. The molecule has 0 bridgehead atoms. The molecule has 1 heterocycles. The van der Waals surface area contributed by atoms with Crippen molar-refractivity contribution >= 4 is 32.9 Å². The SMILES string of the molecule is C=CC(=O)OC1CCN(c2ccc(N=Nc3ccc(S(C)(=O)=O)cc3)cc2)CC1. The normalized spacial score (nSPS) is 15.4. The molecule has 1 fully saturated rings. The Hall–Kier alpha value is -3.00. The summed E-state index contributed by atoms with van der Waals surface area (Å²) in [5.41, 5.74) is 2.36. The Morgan fingerprint density at radius 1 is 1.03 bits per heavy atom. The number of anilines is 1. The lowest BCUT2D eigenvalue weighted by molar-refractivity contribution is -0.143. The first kappa shape index (κ1) is 20.7. The van der Waals surface area contributed by atoms with Gasteiger partial charge in [0, 0.05) is 44.0 Å². The minimum atomic E-state index is -3.22. The number of rotatable bonds is 6. The van der Waals surface area contributed by atoms with Crippen molar-refractivity contribution in [3.63, 3.8) is 0 Å². The smallest absolute Gasteiger partial charge is 0.330 e. The molecule has 1 saturated heterocycles. The van der Waals surface area contributed by atoms with Crippen molar-refractivity contribution in [1.82, 2.24) is 0 Å². The van der Waals surface area contributed by atoms with Gasteiger partial charge in [-0.05, 0) is 48.5 Å². The second-order valence-electron chi connectivity index (χ2n) is 6.81. The summed E-state index contributed by atoms with van der Waals surface area (Å²) in [5, 5.41) is 8.35. The van der Waals surface area contributed by atoms with Gasteiger partial charge in [0.05, 0.1) is 16.3 Å². The lowest BCUT2D eigenvalue weighted by atomic mass is 10.1. The number of hydrogen-bond donors (Lipinski definition) is 0. The number of nitrogens with zero attached hydrogens (tertiary/aromatic N) is 3. The third-order valence-electron chi connectivity index (χ3n) is 4.65. The van der Waals surface area contributed by atoms with Crippen LogP contribution in [0.2, 0.25) is 0 Å². The van der Waals surface area contributed by atoms with Gasteiger partial charge in [-0.3, -0.25) is 0 Å². The predicted molar refractivity (Wildman–Crippen MR) is 112 cm³/mol. The maximum atomic E-state index is 11.5. The van der Waals surface area contributed by atoms with Gasteiger partial charge in [-0.1, -0.05) is 6.58 Å². The number of benzene rings is 2. The fraction of sp³-hybridized carbons (Fsp3) is 0.286. The molecule has 152 valence electrons. The summed E-state index contributed by atoms with van der Waals surface area (Å²) in [7, 11) is -3.22. The Morgan fingerprint density at radius 2 is 1.55 bits per heavy atom.